The highest BCUT2D eigenvalue weighted by Crippen LogP contribution is 2.22. The van der Waals surface area contributed by atoms with Crippen molar-refractivity contribution in [2.45, 2.75) is 26.3 Å². The van der Waals surface area contributed by atoms with Gasteiger partial charge in [0, 0.05) is 24.8 Å². The summed E-state index contributed by atoms with van der Waals surface area (Å²) in [6.45, 7) is 7.89. The van der Waals surface area contributed by atoms with Gasteiger partial charge in [0.2, 0.25) is 0 Å². The van der Waals surface area contributed by atoms with Crippen LogP contribution in [-0.4, -0.2) is 25.7 Å². The fourth-order valence-electron chi connectivity index (χ4n) is 2.26. The van der Waals surface area contributed by atoms with E-state index in [0.29, 0.717) is 6.04 Å². The van der Waals surface area contributed by atoms with Crippen molar-refractivity contribution in [3.63, 3.8) is 0 Å². The summed E-state index contributed by atoms with van der Waals surface area (Å²) in [4.78, 5) is 2.52. The van der Waals surface area contributed by atoms with Crippen molar-refractivity contribution in [2.24, 2.45) is 0 Å². The molecule has 0 amide bonds. The van der Waals surface area contributed by atoms with Crippen LogP contribution in [0.25, 0.3) is 0 Å². The molecule has 1 aromatic carbocycles. The van der Waals surface area contributed by atoms with Gasteiger partial charge in [0.1, 0.15) is 0 Å². The number of anilines is 1. The standard InChI is InChI=1S/C13H20N2/c1-11-6-3-4-7-13(11)15-9-5-8-14-10-12(15)2/h3-4,6-7,12,14H,5,8-10H2,1-2H3. The van der Waals surface area contributed by atoms with Crippen LogP contribution in [0, 0.1) is 6.92 Å². The van der Waals surface area contributed by atoms with Crippen LogP contribution in [0.1, 0.15) is 18.9 Å². The number of aryl methyl sites for hydroxylation is 1. The zero-order chi connectivity index (χ0) is 10.7. The molecule has 1 heterocycles. The molecular formula is C13H20N2. The lowest BCUT2D eigenvalue weighted by atomic mass is 10.1. The molecule has 1 atom stereocenters. The van der Waals surface area contributed by atoms with E-state index in [2.05, 4.69) is 48.3 Å². The lowest BCUT2D eigenvalue weighted by molar-refractivity contribution is 0.629. The first kappa shape index (κ1) is 10.5. The van der Waals surface area contributed by atoms with E-state index in [-0.39, 0.29) is 0 Å². The van der Waals surface area contributed by atoms with Crippen LogP contribution < -0.4 is 10.2 Å². The molecule has 1 fully saturated rings. The van der Waals surface area contributed by atoms with Crippen LogP contribution in [-0.2, 0) is 0 Å². The smallest absolute Gasteiger partial charge is 0.0398 e. The Morgan fingerprint density at radius 3 is 2.93 bits per heavy atom. The normalized spacial score (nSPS) is 22.5. The molecule has 1 N–H and O–H groups in total. The highest BCUT2D eigenvalue weighted by atomic mass is 15.2. The number of benzene rings is 1. The van der Waals surface area contributed by atoms with E-state index in [9.17, 15) is 0 Å². The zero-order valence-corrected chi connectivity index (χ0v) is 9.66. The molecule has 2 nitrogen and oxygen atoms in total. The third-order valence-corrected chi connectivity index (χ3v) is 3.15. The third-order valence-electron chi connectivity index (χ3n) is 3.15. The molecule has 1 aliphatic heterocycles. The lowest BCUT2D eigenvalue weighted by Gasteiger charge is -2.30. The summed E-state index contributed by atoms with van der Waals surface area (Å²) in [7, 11) is 0. The van der Waals surface area contributed by atoms with Crippen molar-refractivity contribution in [1.29, 1.82) is 0 Å². The van der Waals surface area contributed by atoms with Crippen molar-refractivity contribution < 1.29 is 0 Å². The Morgan fingerprint density at radius 2 is 2.13 bits per heavy atom. The van der Waals surface area contributed by atoms with E-state index in [4.69, 9.17) is 0 Å². The number of hydrogen-bond acceptors (Lipinski definition) is 2. The SMILES string of the molecule is Cc1ccccc1N1CCCNCC1C. The van der Waals surface area contributed by atoms with Gasteiger partial charge < -0.3 is 10.2 Å². The first-order valence-electron chi connectivity index (χ1n) is 5.82. The van der Waals surface area contributed by atoms with Gasteiger partial charge in [-0.3, -0.25) is 0 Å². The van der Waals surface area contributed by atoms with Crippen molar-refractivity contribution in [3.05, 3.63) is 29.8 Å². The van der Waals surface area contributed by atoms with Gasteiger partial charge in [-0.2, -0.15) is 0 Å². The van der Waals surface area contributed by atoms with E-state index >= 15 is 0 Å². The lowest BCUT2D eigenvalue weighted by Crippen LogP contribution is -2.37. The van der Waals surface area contributed by atoms with Crippen LogP contribution in [0.3, 0.4) is 0 Å². The Labute approximate surface area is 92.3 Å². The molecule has 1 unspecified atom stereocenters. The Hall–Kier alpha value is -1.02. The summed E-state index contributed by atoms with van der Waals surface area (Å²) in [5, 5.41) is 3.47. The van der Waals surface area contributed by atoms with Crippen molar-refractivity contribution in [2.75, 3.05) is 24.5 Å². The second-order valence-electron chi connectivity index (χ2n) is 4.39. The van der Waals surface area contributed by atoms with Gasteiger partial charge in [-0.05, 0) is 38.4 Å². The second kappa shape index (κ2) is 4.67. The van der Waals surface area contributed by atoms with Gasteiger partial charge >= 0.3 is 0 Å². The summed E-state index contributed by atoms with van der Waals surface area (Å²) in [5.41, 5.74) is 2.78. The number of rotatable bonds is 1. The third kappa shape index (κ3) is 2.32. The van der Waals surface area contributed by atoms with Gasteiger partial charge in [-0.1, -0.05) is 18.2 Å². The Bertz CT molecular complexity index is 322. The number of para-hydroxylation sites is 1. The summed E-state index contributed by atoms with van der Waals surface area (Å²) in [6, 6.07) is 9.26. The number of hydrogen-bond donors (Lipinski definition) is 1. The van der Waals surface area contributed by atoms with Crippen LogP contribution in [0.4, 0.5) is 5.69 Å². The second-order valence-corrected chi connectivity index (χ2v) is 4.39. The van der Waals surface area contributed by atoms with Gasteiger partial charge in [-0.25, -0.2) is 0 Å². The number of nitrogens with one attached hydrogen (secondary N) is 1. The van der Waals surface area contributed by atoms with E-state index in [1.165, 1.54) is 24.2 Å². The van der Waals surface area contributed by atoms with E-state index in [0.717, 1.165) is 13.1 Å². The van der Waals surface area contributed by atoms with Crippen LogP contribution in [0.5, 0.6) is 0 Å². The van der Waals surface area contributed by atoms with Gasteiger partial charge in [0.15, 0.2) is 0 Å². The van der Waals surface area contributed by atoms with Gasteiger partial charge in [0.05, 0.1) is 0 Å². The Morgan fingerprint density at radius 1 is 1.33 bits per heavy atom. The zero-order valence-electron chi connectivity index (χ0n) is 9.66. The van der Waals surface area contributed by atoms with Gasteiger partial charge in [-0.15, -0.1) is 0 Å². The highest BCUT2D eigenvalue weighted by molar-refractivity contribution is 5.53. The van der Waals surface area contributed by atoms with E-state index in [1.807, 2.05) is 0 Å². The quantitative estimate of drug-likeness (QED) is 0.754. The first-order valence-corrected chi connectivity index (χ1v) is 5.82. The average Bonchev–Trinajstić information content (AvgIpc) is 2.44. The van der Waals surface area contributed by atoms with Crippen molar-refractivity contribution in [3.8, 4) is 0 Å². The molecule has 82 valence electrons. The molecule has 0 spiro atoms. The Balaban J connectivity index is 2.24. The van der Waals surface area contributed by atoms with E-state index in [1.54, 1.807) is 0 Å². The average molecular weight is 204 g/mol. The fourth-order valence-corrected chi connectivity index (χ4v) is 2.26. The van der Waals surface area contributed by atoms with Crippen LogP contribution in [0.2, 0.25) is 0 Å². The topological polar surface area (TPSA) is 15.3 Å². The van der Waals surface area contributed by atoms with Crippen LogP contribution >= 0.6 is 0 Å². The van der Waals surface area contributed by atoms with Crippen LogP contribution in [0.15, 0.2) is 24.3 Å². The molecule has 15 heavy (non-hydrogen) atoms. The number of nitrogens with zero attached hydrogens (tertiary/aromatic N) is 1. The summed E-state index contributed by atoms with van der Waals surface area (Å²) < 4.78 is 0. The fraction of sp³-hybridized carbons (Fsp3) is 0.538. The molecule has 0 aliphatic carbocycles. The monoisotopic (exact) mass is 204 g/mol. The molecule has 0 aromatic heterocycles. The highest BCUT2D eigenvalue weighted by Gasteiger charge is 2.17. The minimum absolute atomic E-state index is 0.591. The maximum atomic E-state index is 3.47. The van der Waals surface area contributed by atoms with Crippen molar-refractivity contribution >= 4 is 5.69 Å². The van der Waals surface area contributed by atoms with Gasteiger partial charge in [0.25, 0.3) is 0 Å². The molecule has 1 aliphatic rings. The van der Waals surface area contributed by atoms with Crippen molar-refractivity contribution in [1.82, 2.24) is 5.32 Å². The molecule has 1 saturated heterocycles. The molecule has 0 saturated carbocycles. The Kier molecular flexibility index (Phi) is 3.27. The summed E-state index contributed by atoms with van der Waals surface area (Å²) in [6.07, 6.45) is 1.23. The molecule has 1 aromatic rings. The maximum absolute atomic E-state index is 3.47. The first-order chi connectivity index (χ1) is 7.29. The molecule has 0 bridgehead atoms. The van der Waals surface area contributed by atoms with E-state index < -0.39 is 0 Å². The maximum Gasteiger partial charge on any atom is 0.0398 e. The predicted octanol–water partition coefficient (Wildman–Crippen LogP) is 2.18. The minimum atomic E-state index is 0.591. The molecular weight excluding hydrogens is 184 g/mol. The summed E-state index contributed by atoms with van der Waals surface area (Å²) >= 11 is 0. The minimum Gasteiger partial charge on any atom is -0.367 e. The largest absolute Gasteiger partial charge is 0.367 e. The molecule has 2 rings (SSSR count). The predicted molar refractivity (Wildman–Crippen MR) is 65.5 cm³/mol. The molecule has 0 radical (unpaired) electrons. The summed E-state index contributed by atoms with van der Waals surface area (Å²) in [5.74, 6) is 0. The molecule has 2 heteroatoms.